The number of pyridine rings is 1. The molecule has 0 fully saturated rings. The van der Waals surface area contributed by atoms with Gasteiger partial charge in [0.2, 0.25) is 0 Å². The van der Waals surface area contributed by atoms with Gasteiger partial charge in [-0.15, -0.1) is 11.3 Å². The van der Waals surface area contributed by atoms with E-state index in [4.69, 9.17) is 29.0 Å². The number of nitrogens with zero attached hydrogens (tertiary/aromatic N) is 1. The molecule has 0 aromatic carbocycles. The van der Waals surface area contributed by atoms with E-state index < -0.39 is 0 Å². The summed E-state index contributed by atoms with van der Waals surface area (Å²) >= 11 is 13.6. The molecule has 3 N–H and O–H groups in total. The van der Waals surface area contributed by atoms with Crippen molar-refractivity contribution in [3.63, 3.8) is 0 Å². The number of hydrogen-bond donors (Lipinski definition) is 2. The van der Waals surface area contributed by atoms with Crippen LogP contribution in [0.4, 0.5) is 0 Å². The molecule has 17 heavy (non-hydrogen) atoms. The Hall–Kier alpha value is -0.650. The summed E-state index contributed by atoms with van der Waals surface area (Å²) in [5.41, 5.74) is 4.45. The minimum Gasteiger partial charge on any atom is -0.271 e. The van der Waals surface area contributed by atoms with Crippen molar-refractivity contribution in [2.24, 2.45) is 5.84 Å². The highest BCUT2D eigenvalue weighted by molar-refractivity contribution is 7.10. The zero-order valence-electron chi connectivity index (χ0n) is 9.08. The number of nitrogens with one attached hydrogen (secondary N) is 1. The number of thiophene rings is 1. The second-order valence-electron chi connectivity index (χ2n) is 3.61. The molecule has 0 aliphatic carbocycles. The molecule has 0 radical (unpaired) electrons. The summed E-state index contributed by atoms with van der Waals surface area (Å²) in [6.45, 7) is 2.04. The van der Waals surface area contributed by atoms with Crippen LogP contribution in [0, 0.1) is 6.92 Å². The number of halogens is 2. The number of nitrogens with two attached hydrogens (primary N) is 1. The Balaban J connectivity index is 2.42. The first-order valence-corrected chi connectivity index (χ1v) is 6.57. The van der Waals surface area contributed by atoms with Gasteiger partial charge in [-0.3, -0.25) is 10.8 Å². The molecule has 0 saturated heterocycles. The highest BCUT2D eigenvalue weighted by Gasteiger charge is 2.18. The summed E-state index contributed by atoms with van der Waals surface area (Å²) in [6, 6.07) is 3.50. The van der Waals surface area contributed by atoms with Gasteiger partial charge in [0.1, 0.15) is 0 Å². The summed E-state index contributed by atoms with van der Waals surface area (Å²) in [5.74, 6) is 5.58. The van der Waals surface area contributed by atoms with Crippen LogP contribution in [-0.2, 0) is 0 Å². The van der Waals surface area contributed by atoms with Crippen LogP contribution in [0.25, 0.3) is 0 Å². The average molecular weight is 288 g/mol. The van der Waals surface area contributed by atoms with E-state index >= 15 is 0 Å². The van der Waals surface area contributed by atoms with Gasteiger partial charge in [-0.05, 0) is 30.0 Å². The first-order valence-electron chi connectivity index (χ1n) is 4.94. The van der Waals surface area contributed by atoms with Crippen LogP contribution in [-0.4, -0.2) is 4.98 Å². The molecule has 2 rings (SSSR count). The normalized spacial score (nSPS) is 12.7. The molecule has 0 amide bonds. The van der Waals surface area contributed by atoms with Gasteiger partial charge in [0.25, 0.3) is 0 Å². The van der Waals surface area contributed by atoms with E-state index in [2.05, 4.69) is 16.5 Å². The predicted molar refractivity (Wildman–Crippen MR) is 72.5 cm³/mol. The molecule has 2 aromatic rings. The molecule has 0 aliphatic heterocycles. The van der Waals surface area contributed by atoms with Crippen LogP contribution < -0.4 is 11.3 Å². The van der Waals surface area contributed by atoms with Gasteiger partial charge >= 0.3 is 0 Å². The molecular weight excluding hydrogens is 277 g/mol. The van der Waals surface area contributed by atoms with E-state index in [-0.39, 0.29) is 6.04 Å². The van der Waals surface area contributed by atoms with E-state index in [1.807, 2.05) is 12.3 Å². The molecule has 1 atom stereocenters. The third kappa shape index (κ3) is 2.78. The molecule has 6 heteroatoms. The second-order valence-corrected chi connectivity index (χ2v) is 5.57. The molecule has 0 spiro atoms. The average Bonchev–Trinajstić information content (AvgIpc) is 2.69. The third-order valence-corrected chi connectivity index (χ3v) is 3.75. The maximum atomic E-state index is 6.12. The molecule has 0 saturated carbocycles. The molecule has 2 aromatic heterocycles. The lowest BCUT2D eigenvalue weighted by molar-refractivity contribution is 0.622. The fraction of sp³-hybridized carbons (Fsp3) is 0.182. The summed E-state index contributed by atoms with van der Waals surface area (Å²) < 4.78 is 0. The fourth-order valence-electron chi connectivity index (χ4n) is 1.59. The van der Waals surface area contributed by atoms with Gasteiger partial charge in [-0.2, -0.15) is 0 Å². The Morgan fingerprint density at radius 3 is 2.71 bits per heavy atom. The molecule has 3 nitrogen and oxygen atoms in total. The van der Waals surface area contributed by atoms with Crippen molar-refractivity contribution in [2.45, 2.75) is 13.0 Å². The molecular formula is C11H11Cl2N3S. The highest BCUT2D eigenvalue weighted by Crippen LogP contribution is 2.30. The lowest BCUT2D eigenvalue weighted by Crippen LogP contribution is -2.29. The number of rotatable bonds is 3. The smallest absolute Gasteiger partial charge is 0.0904 e. The van der Waals surface area contributed by atoms with Gasteiger partial charge in [0, 0.05) is 11.1 Å². The van der Waals surface area contributed by atoms with Crippen LogP contribution in [0.15, 0.2) is 23.7 Å². The molecule has 0 aliphatic rings. The zero-order valence-corrected chi connectivity index (χ0v) is 11.4. The summed E-state index contributed by atoms with van der Waals surface area (Å²) in [4.78, 5) is 5.45. The highest BCUT2D eigenvalue weighted by atomic mass is 35.5. The molecule has 1 unspecified atom stereocenters. The van der Waals surface area contributed by atoms with Crippen molar-refractivity contribution in [3.8, 4) is 0 Å². The zero-order chi connectivity index (χ0) is 12.4. The fourth-order valence-corrected chi connectivity index (χ4v) is 2.81. The Labute approximate surface area is 114 Å². The molecule has 90 valence electrons. The quantitative estimate of drug-likeness (QED) is 0.673. The Morgan fingerprint density at radius 1 is 1.41 bits per heavy atom. The first kappa shape index (κ1) is 12.8. The van der Waals surface area contributed by atoms with Gasteiger partial charge in [-0.25, -0.2) is 5.43 Å². The van der Waals surface area contributed by atoms with Crippen molar-refractivity contribution in [1.82, 2.24) is 10.4 Å². The van der Waals surface area contributed by atoms with Crippen LogP contribution in [0.3, 0.4) is 0 Å². The lowest BCUT2D eigenvalue weighted by Gasteiger charge is -2.15. The summed E-state index contributed by atoms with van der Waals surface area (Å²) in [6.07, 6.45) is 1.56. The number of hydrogen-bond acceptors (Lipinski definition) is 4. The van der Waals surface area contributed by atoms with Crippen LogP contribution >= 0.6 is 34.5 Å². The predicted octanol–water partition coefficient (Wildman–Crippen LogP) is 3.31. The van der Waals surface area contributed by atoms with E-state index in [0.717, 1.165) is 5.56 Å². The lowest BCUT2D eigenvalue weighted by atomic mass is 10.1. The van der Waals surface area contributed by atoms with E-state index in [0.29, 0.717) is 15.7 Å². The monoisotopic (exact) mass is 287 g/mol. The van der Waals surface area contributed by atoms with Crippen LogP contribution in [0.5, 0.6) is 0 Å². The number of aryl methyl sites for hydroxylation is 1. The minimum atomic E-state index is -0.218. The van der Waals surface area contributed by atoms with E-state index in [9.17, 15) is 0 Å². The van der Waals surface area contributed by atoms with E-state index in [1.165, 1.54) is 4.88 Å². The number of hydrazine groups is 1. The minimum absolute atomic E-state index is 0.218. The standard InChI is InChI=1S/C11H11Cl2N3S/c1-6-2-7(5-17-6)10(16-14)11-9(13)3-8(12)4-15-11/h2-5,10,16H,14H2,1H3. The first-order chi connectivity index (χ1) is 8.11. The van der Waals surface area contributed by atoms with E-state index in [1.54, 1.807) is 23.6 Å². The van der Waals surface area contributed by atoms with Crippen LogP contribution in [0.2, 0.25) is 10.0 Å². The van der Waals surface area contributed by atoms with Crippen molar-refractivity contribution < 1.29 is 0 Å². The SMILES string of the molecule is Cc1cc(C(NN)c2ncc(Cl)cc2Cl)cs1. The second kappa shape index (κ2) is 5.33. The van der Waals surface area contributed by atoms with Gasteiger partial charge in [-0.1, -0.05) is 23.2 Å². The Kier molecular flexibility index (Phi) is 4.01. The van der Waals surface area contributed by atoms with Crippen molar-refractivity contribution in [1.29, 1.82) is 0 Å². The van der Waals surface area contributed by atoms with Crippen LogP contribution in [0.1, 0.15) is 22.2 Å². The van der Waals surface area contributed by atoms with Gasteiger partial charge in [0.15, 0.2) is 0 Å². The summed E-state index contributed by atoms with van der Waals surface area (Å²) in [5, 5.41) is 3.05. The maximum Gasteiger partial charge on any atom is 0.0904 e. The Morgan fingerprint density at radius 2 is 2.18 bits per heavy atom. The third-order valence-electron chi connectivity index (χ3n) is 2.36. The van der Waals surface area contributed by atoms with Crippen molar-refractivity contribution >= 4 is 34.5 Å². The largest absolute Gasteiger partial charge is 0.271 e. The van der Waals surface area contributed by atoms with Gasteiger partial charge in [0.05, 0.1) is 21.8 Å². The Bertz CT molecular complexity index is 527. The van der Waals surface area contributed by atoms with Crippen molar-refractivity contribution in [3.05, 3.63) is 49.9 Å². The summed E-state index contributed by atoms with van der Waals surface area (Å²) in [7, 11) is 0. The molecule has 0 bridgehead atoms. The van der Waals surface area contributed by atoms with Crippen molar-refractivity contribution in [2.75, 3.05) is 0 Å². The van der Waals surface area contributed by atoms with Gasteiger partial charge < -0.3 is 0 Å². The number of aromatic nitrogens is 1. The molecule has 2 heterocycles. The topological polar surface area (TPSA) is 50.9 Å². The maximum absolute atomic E-state index is 6.12.